The molecule has 1 aromatic heterocycles. The summed E-state index contributed by atoms with van der Waals surface area (Å²) < 4.78 is 0. The SMILES string of the molecule is Cl.Cl.NC(C(=O)N1CCN(c2ccccn2)CC1)c1ccccc1. The lowest BCUT2D eigenvalue weighted by atomic mass is 10.1. The van der Waals surface area contributed by atoms with Crippen LogP contribution in [0.3, 0.4) is 0 Å². The molecule has 0 saturated carbocycles. The highest BCUT2D eigenvalue weighted by Gasteiger charge is 2.26. The number of anilines is 1. The van der Waals surface area contributed by atoms with Gasteiger partial charge < -0.3 is 15.5 Å². The number of halogens is 2. The molecule has 0 aliphatic carbocycles. The second-order valence-electron chi connectivity index (χ2n) is 5.39. The van der Waals surface area contributed by atoms with E-state index < -0.39 is 6.04 Å². The molecular formula is C17H22Cl2N4O. The summed E-state index contributed by atoms with van der Waals surface area (Å²) in [6, 6.07) is 14.8. The molecule has 1 aliphatic rings. The van der Waals surface area contributed by atoms with Crippen LogP contribution in [0.2, 0.25) is 0 Å². The number of amides is 1. The molecular weight excluding hydrogens is 347 g/mol. The van der Waals surface area contributed by atoms with E-state index in [4.69, 9.17) is 5.73 Å². The van der Waals surface area contributed by atoms with E-state index >= 15 is 0 Å². The van der Waals surface area contributed by atoms with Crippen LogP contribution in [0.25, 0.3) is 0 Å². The first-order chi connectivity index (χ1) is 10.8. The maximum atomic E-state index is 12.5. The largest absolute Gasteiger partial charge is 0.353 e. The average Bonchev–Trinajstić information content (AvgIpc) is 2.62. The minimum Gasteiger partial charge on any atom is -0.353 e. The fourth-order valence-electron chi connectivity index (χ4n) is 2.70. The minimum atomic E-state index is -0.581. The molecule has 1 saturated heterocycles. The molecule has 2 heterocycles. The Morgan fingerprint density at radius 3 is 2.17 bits per heavy atom. The summed E-state index contributed by atoms with van der Waals surface area (Å²) in [5.41, 5.74) is 6.96. The van der Waals surface area contributed by atoms with Gasteiger partial charge in [0.25, 0.3) is 0 Å². The zero-order valence-corrected chi connectivity index (χ0v) is 14.9. The Morgan fingerprint density at radius 2 is 1.58 bits per heavy atom. The molecule has 24 heavy (non-hydrogen) atoms. The molecule has 1 atom stereocenters. The number of carbonyl (C=O) groups is 1. The first-order valence-corrected chi connectivity index (χ1v) is 7.51. The van der Waals surface area contributed by atoms with Crippen LogP contribution >= 0.6 is 24.8 Å². The van der Waals surface area contributed by atoms with Gasteiger partial charge in [0, 0.05) is 32.4 Å². The third-order valence-corrected chi connectivity index (χ3v) is 3.99. The first kappa shape index (κ1) is 20.2. The molecule has 5 nitrogen and oxygen atoms in total. The quantitative estimate of drug-likeness (QED) is 0.902. The van der Waals surface area contributed by atoms with Gasteiger partial charge in [-0.1, -0.05) is 36.4 Å². The molecule has 1 amide bonds. The molecule has 0 spiro atoms. The van der Waals surface area contributed by atoms with E-state index in [0.29, 0.717) is 13.1 Å². The van der Waals surface area contributed by atoms with Gasteiger partial charge in [-0.3, -0.25) is 4.79 Å². The maximum absolute atomic E-state index is 12.5. The minimum absolute atomic E-state index is 0. The topological polar surface area (TPSA) is 62.5 Å². The highest BCUT2D eigenvalue weighted by molar-refractivity contribution is 5.85. The van der Waals surface area contributed by atoms with Crippen LogP contribution in [0.1, 0.15) is 11.6 Å². The van der Waals surface area contributed by atoms with E-state index in [0.717, 1.165) is 24.5 Å². The number of hydrogen-bond donors (Lipinski definition) is 1. The lowest BCUT2D eigenvalue weighted by Crippen LogP contribution is -2.51. The van der Waals surface area contributed by atoms with E-state index in [-0.39, 0.29) is 30.7 Å². The number of hydrogen-bond acceptors (Lipinski definition) is 4. The highest BCUT2D eigenvalue weighted by Crippen LogP contribution is 2.17. The molecule has 0 radical (unpaired) electrons. The second-order valence-corrected chi connectivity index (χ2v) is 5.39. The van der Waals surface area contributed by atoms with Gasteiger partial charge in [0.2, 0.25) is 5.91 Å². The van der Waals surface area contributed by atoms with E-state index in [1.807, 2.05) is 53.4 Å². The fourth-order valence-corrected chi connectivity index (χ4v) is 2.70. The lowest BCUT2D eigenvalue weighted by molar-refractivity contribution is -0.133. The Balaban J connectivity index is 0.00000144. The molecule has 3 rings (SSSR count). The summed E-state index contributed by atoms with van der Waals surface area (Å²) in [5.74, 6) is 0.953. The number of pyridine rings is 1. The number of piperazine rings is 1. The highest BCUT2D eigenvalue weighted by atomic mass is 35.5. The van der Waals surface area contributed by atoms with Crippen LogP contribution < -0.4 is 10.6 Å². The smallest absolute Gasteiger partial charge is 0.244 e. The lowest BCUT2D eigenvalue weighted by Gasteiger charge is -2.36. The predicted octanol–water partition coefficient (Wildman–Crippen LogP) is 2.27. The number of nitrogens with zero attached hydrogens (tertiary/aromatic N) is 3. The Labute approximate surface area is 154 Å². The zero-order chi connectivity index (χ0) is 15.4. The molecule has 0 bridgehead atoms. The Hall–Kier alpha value is -1.82. The molecule has 2 N–H and O–H groups in total. The van der Waals surface area contributed by atoms with Gasteiger partial charge in [-0.25, -0.2) is 4.98 Å². The van der Waals surface area contributed by atoms with E-state index in [1.54, 1.807) is 6.20 Å². The number of benzene rings is 1. The number of nitrogens with two attached hydrogens (primary N) is 1. The molecule has 130 valence electrons. The van der Waals surface area contributed by atoms with Crippen molar-refractivity contribution >= 4 is 36.5 Å². The first-order valence-electron chi connectivity index (χ1n) is 7.51. The standard InChI is InChI=1S/C17H20N4O.2ClH/c18-16(14-6-2-1-3-7-14)17(22)21-12-10-20(11-13-21)15-8-4-5-9-19-15;;/h1-9,16H,10-13,18H2;2*1H. The Morgan fingerprint density at radius 1 is 0.958 bits per heavy atom. The van der Waals surface area contributed by atoms with Gasteiger partial charge in [-0.15, -0.1) is 24.8 Å². The molecule has 1 aliphatic heterocycles. The molecule has 2 aromatic rings. The van der Waals surface area contributed by atoms with Crippen molar-refractivity contribution in [1.29, 1.82) is 0 Å². The van der Waals surface area contributed by atoms with E-state index in [9.17, 15) is 4.79 Å². The van der Waals surface area contributed by atoms with Gasteiger partial charge in [-0.2, -0.15) is 0 Å². The fraction of sp³-hybridized carbons (Fsp3) is 0.294. The average molecular weight is 369 g/mol. The number of rotatable bonds is 3. The number of aromatic nitrogens is 1. The van der Waals surface area contributed by atoms with Crippen molar-refractivity contribution in [2.75, 3.05) is 31.1 Å². The number of carbonyl (C=O) groups excluding carboxylic acids is 1. The van der Waals surface area contributed by atoms with Crippen LogP contribution in [0, 0.1) is 0 Å². The van der Waals surface area contributed by atoms with Crippen molar-refractivity contribution in [3.05, 3.63) is 60.3 Å². The third kappa shape index (κ3) is 4.60. The molecule has 1 fully saturated rings. The molecule has 1 unspecified atom stereocenters. The van der Waals surface area contributed by atoms with Gasteiger partial charge in [0.15, 0.2) is 0 Å². The summed E-state index contributed by atoms with van der Waals surface area (Å²) >= 11 is 0. The van der Waals surface area contributed by atoms with Crippen LogP contribution in [0.15, 0.2) is 54.7 Å². The summed E-state index contributed by atoms with van der Waals surface area (Å²) in [4.78, 5) is 20.9. The third-order valence-electron chi connectivity index (χ3n) is 3.99. The van der Waals surface area contributed by atoms with Gasteiger partial charge >= 0.3 is 0 Å². The van der Waals surface area contributed by atoms with Crippen LogP contribution in [0.5, 0.6) is 0 Å². The van der Waals surface area contributed by atoms with Crippen molar-refractivity contribution in [3.8, 4) is 0 Å². The van der Waals surface area contributed by atoms with Crippen molar-refractivity contribution in [2.24, 2.45) is 5.73 Å². The Kier molecular flexibility index (Phi) is 7.98. The summed E-state index contributed by atoms with van der Waals surface area (Å²) in [5, 5.41) is 0. The van der Waals surface area contributed by atoms with E-state index in [2.05, 4.69) is 9.88 Å². The Bertz CT molecular complexity index is 619. The monoisotopic (exact) mass is 368 g/mol. The zero-order valence-electron chi connectivity index (χ0n) is 13.2. The van der Waals surface area contributed by atoms with E-state index in [1.165, 1.54) is 0 Å². The summed E-state index contributed by atoms with van der Waals surface area (Å²) in [6.07, 6.45) is 1.79. The van der Waals surface area contributed by atoms with Crippen LogP contribution in [-0.2, 0) is 4.79 Å². The second kappa shape index (κ2) is 9.47. The van der Waals surface area contributed by atoms with Crippen molar-refractivity contribution < 1.29 is 4.79 Å². The normalized spacial score (nSPS) is 15.0. The van der Waals surface area contributed by atoms with Crippen molar-refractivity contribution in [1.82, 2.24) is 9.88 Å². The van der Waals surface area contributed by atoms with Gasteiger partial charge in [0.05, 0.1) is 0 Å². The van der Waals surface area contributed by atoms with Crippen LogP contribution in [-0.4, -0.2) is 42.0 Å². The van der Waals surface area contributed by atoms with Gasteiger partial charge in [0.1, 0.15) is 11.9 Å². The van der Waals surface area contributed by atoms with Crippen molar-refractivity contribution in [3.63, 3.8) is 0 Å². The molecule has 7 heteroatoms. The summed E-state index contributed by atoms with van der Waals surface area (Å²) in [7, 11) is 0. The van der Waals surface area contributed by atoms with Crippen molar-refractivity contribution in [2.45, 2.75) is 6.04 Å². The van der Waals surface area contributed by atoms with Gasteiger partial charge in [-0.05, 0) is 17.7 Å². The van der Waals surface area contributed by atoms with Crippen LogP contribution in [0.4, 0.5) is 5.82 Å². The molecule has 1 aromatic carbocycles. The summed E-state index contributed by atoms with van der Waals surface area (Å²) in [6.45, 7) is 2.92. The maximum Gasteiger partial charge on any atom is 0.244 e. The predicted molar refractivity (Wildman–Crippen MR) is 101 cm³/mol.